The van der Waals surface area contributed by atoms with Crippen molar-refractivity contribution in [3.63, 3.8) is 0 Å². The molecule has 0 heterocycles. The van der Waals surface area contributed by atoms with Gasteiger partial charge in [0.05, 0.1) is 0 Å². The van der Waals surface area contributed by atoms with E-state index in [1.54, 1.807) is 6.92 Å². The average molecular weight is 311 g/mol. The highest BCUT2D eigenvalue weighted by Gasteiger charge is 2.17. The number of hydrogen-bond donors (Lipinski definition) is 1. The standard InChI is InChI=1S/C20H25NO2/c1-6-17-7-9-18(10-8-17)23-16(5)20(22)21-19-14(3)11-13(2)12-15(19)4/h7-12,16H,6H2,1-5H3,(H,21,22). The second-order valence-corrected chi connectivity index (χ2v) is 6.02. The SMILES string of the molecule is CCc1ccc(OC(C)C(=O)Nc2c(C)cc(C)cc2C)cc1. The highest BCUT2D eigenvalue weighted by atomic mass is 16.5. The van der Waals surface area contributed by atoms with Crippen LogP contribution >= 0.6 is 0 Å². The van der Waals surface area contributed by atoms with Crippen molar-refractivity contribution < 1.29 is 9.53 Å². The molecule has 0 aromatic heterocycles. The lowest BCUT2D eigenvalue weighted by Gasteiger charge is -2.17. The van der Waals surface area contributed by atoms with Gasteiger partial charge in [0.2, 0.25) is 0 Å². The lowest BCUT2D eigenvalue weighted by Crippen LogP contribution is -2.30. The molecule has 23 heavy (non-hydrogen) atoms. The Kier molecular flexibility index (Phi) is 5.43. The summed E-state index contributed by atoms with van der Waals surface area (Å²) >= 11 is 0. The van der Waals surface area contributed by atoms with Gasteiger partial charge < -0.3 is 10.1 Å². The number of carbonyl (C=O) groups is 1. The molecule has 1 amide bonds. The molecule has 3 heteroatoms. The summed E-state index contributed by atoms with van der Waals surface area (Å²) in [5, 5.41) is 2.98. The van der Waals surface area contributed by atoms with Gasteiger partial charge in [-0.15, -0.1) is 0 Å². The monoisotopic (exact) mass is 311 g/mol. The van der Waals surface area contributed by atoms with Crippen LogP contribution in [-0.2, 0) is 11.2 Å². The smallest absolute Gasteiger partial charge is 0.265 e. The van der Waals surface area contributed by atoms with Crippen molar-refractivity contribution in [1.29, 1.82) is 0 Å². The predicted molar refractivity (Wildman–Crippen MR) is 95.2 cm³/mol. The van der Waals surface area contributed by atoms with E-state index < -0.39 is 6.10 Å². The molecule has 1 N–H and O–H groups in total. The Balaban J connectivity index is 2.05. The van der Waals surface area contributed by atoms with Crippen LogP contribution < -0.4 is 10.1 Å². The van der Waals surface area contributed by atoms with Gasteiger partial charge in [0.15, 0.2) is 6.10 Å². The molecule has 0 bridgehead atoms. The number of anilines is 1. The van der Waals surface area contributed by atoms with Crippen molar-refractivity contribution in [3.8, 4) is 5.75 Å². The fourth-order valence-corrected chi connectivity index (χ4v) is 2.66. The van der Waals surface area contributed by atoms with E-state index in [1.807, 2.05) is 38.1 Å². The van der Waals surface area contributed by atoms with Crippen LogP contribution in [0.5, 0.6) is 5.75 Å². The molecule has 0 spiro atoms. The van der Waals surface area contributed by atoms with E-state index >= 15 is 0 Å². The average Bonchev–Trinajstić information content (AvgIpc) is 2.51. The van der Waals surface area contributed by atoms with Crippen LogP contribution in [-0.4, -0.2) is 12.0 Å². The van der Waals surface area contributed by atoms with Crippen LogP contribution in [0.1, 0.15) is 36.1 Å². The van der Waals surface area contributed by atoms with Crippen molar-refractivity contribution >= 4 is 11.6 Å². The van der Waals surface area contributed by atoms with Gasteiger partial charge in [-0.1, -0.05) is 36.8 Å². The zero-order valence-electron chi connectivity index (χ0n) is 14.6. The molecule has 122 valence electrons. The zero-order valence-corrected chi connectivity index (χ0v) is 14.6. The molecule has 1 unspecified atom stereocenters. The van der Waals surface area contributed by atoms with Gasteiger partial charge in [-0.25, -0.2) is 0 Å². The Morgan fingerprint density at radius 1 is 1.09 bits per heavy atom. The van der Waals surface area contributed by atoms with Gasteiger partial charge in [0.1, 0.15) is 5.75 Å². The van der Waals surface area contributed by atoms with E-state index in [0.29, 0.717) is 5.75 Å². The zero-order chi connectivity index (χ0) is 17.0. The molecule has 0 aliphatic rings. The Morgan fingerprint density at radius 3 is 2.17 bits per heavy atom. The highest BCUT2D eigenvalue weighted by Crippen LogP contribution is 2.22. The summed E-state index contributed by atoms with van der Waals surface area (Å²) in [7, 11) is 0. The van der Waals surface area contributed by atoms with E-state index in [9.17, 15) is 4.79 Å². The van der Waals surface area contributed by atoms with Gasteiger partial charge in [0, 0.05) is 5.69 Å². The second-order valence-electron chi connectivity index (χ2n) is 6.02. The van der Waals surface area contributed by atoms with Crippen molar-refractivity contribution in [2.45, 2.75) is 47.1 Å². The van der Waals surface area contributed by atoms with Gasteiger partial charge in [-0.3, -0.25) is 4.79 Å². The summed E-state index contributed by atoms with van der Waals surface area (Å²) in [5.41, 5.74) is 5.45. The molecule has 2 aromatic rings. The predicted octanol–water partition coefficient (Wildman–Crippen LogP) is 4.58. The molecular weight excluding hydrogens is 286 g/mol. The Bertz CT molecular complexity index is 666. The first-order valence-corrected chi connectivity index (χ1v) is 8.05. The third-order valence-electron chi connectivity index (χ3n) is 3.94. The van der Waals surface area contributed by atoms with E-state index in [2.05, 4.69) is 31.3 Å². The van der Waals surface area contributed by atoms with Crippen molar-refractivity contribution in [1.82, 2.24) is 0 Å². The first kappa shape index (κ1) is 17.1. The fraction of sp³-hybridized carbons (Fsp3) is 0.350. The Morgan fingerprint density at radius 2 is 1.65 bits per heavy atom. The van der Waals surface area contributed by atoms with Crippen LogP contribution in [0, 0.1) is 20.8 Å². The largest absolute Gasteiger partial charge is 0.481 e. The minimum absolute atomic E-state index is 0.139. The first-order valence-electron chi connectivity index (χ1n) is 8.05. The number of nitrogens with one attached hydrogen (secondary N) is 1. The van der Waals surface area contributed by atoms with Crippen LogP contribution in [0.25, 0.3) is 0 Å². The van der Waals surface area contributed by atoms with Crippen molar-refractivity contribution in [2.24, 2.45) is 0 Å². The first-order chi connectivity index (χ1) is 10.9. The molecule has 0 radical (unpaired) electrons. The molecule has 2 aromatic carbocycles. The number of amides is 1. The van der Waals surface area contributed by atoms with Crippen LogP contribution in [0.15, 0.2) is 36.4 Å². The number of carbonyl (C=O) groups excluding carboxylic acids is 1. The van der Waals surface area contributed by atoms with Crippen molar-refractivity contribution in [3.05, 3.63) is 58.7 Å². The number of hydrogen-bond acceptors (Lipinski definition) is 2. The number of ether oxygens (including phenoxy) is 1. The number of aryl methyl sites for hydroxylation is 4. The molecule has 0 aliphatic heterocycles. The second kappa shape index (κ2) is 7.32. The van der Waals surface area contributed by atoms with E-state index in [-0.39, 0.29) is 5.91 Å². The van der Waals surface area contributed by atoms with E-state index in [1.165, 1.54) is 11.1 Å². The molecule has 0 saturated heterocycles. The quantitative estimate of drug-likeness (QED) is 0.877. The maximum absolute atomic E-state index is 12.4. The molecule has 2 rings (SSSR count). The topological polar surface area (TPSA) is 38.3 Å². The summed E-state index contributed by atoms with van der Waals surface area (Å²) < 4.78 is 5.74. The minimum Gasteiger partial charge on any atom is -0.481 e. The van der Waals surface area contributed by atoms with Crippen molar-refractivity contribution in [2.75, 3.05) is 5.32 Å². The van der Waals surface area contributed by atoms with E-state index in [4.69, 9.17) is 4.74 Å². The lowest BCUT2D eigenvalue weighted by molar-refractivity contribution is -0.122. The molecule has 0 aliphatic carbocycles. The van der Waals surface area contributed by atoms with Gasteiger partial charge in [0.25, 0.3) is 5.91 Å². The summed E-state index contributed by atoms with van der Waals surface area (Å²) in [5.74, 6) is 0.571. The molecule has 0 fully saturated rings. The van der Waals surface area contributed by atoms with Gasteiger partial charge in [-0.2, -0.15) is 0 Å². The van der Waals surface area contributed by atoms with Crippen LogP contribution in [0.4, 0.5) is 5.69 Å². The third-order valence-corrected chi connectivity index (χ3v) is 3.94. The molecular formula is C20H25NO2. The van der Waals surface area contributed by atoms with Crippen LogP contribution in [0.2, 0.25) is 0 Å². The maximum Gasteiger partial charge on any atom is 0.265 e. The van der Waals surface area contributed by atoms with E-state index in [0.717, 1.165) is 23.2 Å². The summed E-state index contributed by atoms with van der Waals surface area (Å²) in [6, 6.07) is 12.0. The summed E-state index contributed by atoms with van der Waals surface area (Å²) in [6.45, 7) is 9.94. The number of rotatable bonds is 5. The summed E-state index contributed by atoms with van der Waals surface area (Å²) in [4.78, 5) is 12.4. The highest BCUT2D eigenvalue weighted by molar-refractivity contribution is 5.95. The molecule has 1 atom stereocenters. The lowest BCUT2D eigenvalue weighted by atomic mass is 10.0. The number of benzene rings is 2. The molecule has 3 nitrogen and oxygen atoms in total. The van der Waals surface area contributed by atoms with Gasteiger partial charge >= 0.3 is 0 Å². The third kappa shape index (κ3) is 4.35. The normalized spacial score (nSPS) is 11.9. The molecule has 0 saturated carbocycles. The minimum atomic E-state index is -0.553. The fourth-order valence-electron chi connectivity index (χ4n) is 2.66. The Hall–Kier alpha value is -2.29. The summed E-state index contributed by atoms with van der Waals surface area (Å²) in [6.07, 6.45) is 0.435. The van der Waals surface area contributed by atoms with Crippen LogP contribution in [0.3, 0.4) is 0 Å². The Labute approximate surface area is 138 Å². The maximum atomic E-state index is 12.4. The van der Waals surface area contributed by atoms with Gasteiger partial charge in [-0.05, 0) is 62.9 Å².